The minimum Gasteiger partial charge on any atom is -0.289 e. The number of hydrogen-bond donors (Lipinski definition) is 0. The Balaban J connectivity index is 1.60. The van der Waals surface area contributed by atoms with Gasteiger partial charge in [-0.15, -0.1) is 0 Å². The predicted octanol–water partition coefficient (Wildman–Crippen LogP) is 5.79. The Labute approximate surface area is 141 Å². The number of ketones is 1. The van der Waals surface area contributed by atoms with Gasteiger partial charge in [0, 0.05) is 5.56 Å². The molecule has 0 unspecified atom stereocenters. The van der Waals surface area contributed by atoms with Crippen molar-refractivity contribution in [1.82, 2.24) is 0 Å². The van der Waals surface area contributed by atoms with E-state index in [1.807, 2.05) is 66.7 Å². The van der Waals surface area contributed by atoms with E-state index < -0.39 is 0 Å². The van der Waals surface area contributed by atoms with E-state index >= 15 is 0 Å². The van der Waals surface area contributed by atoms with Crippen LogP contribution in [0, 0.1) is 0 Å². The van der Waals surface area contributed by atoms with E-state index in [2.05, 4.69) is 24.3 Å². The molecule has 0 heterocycles. The smallest absolute Gasteiger partial charge is 0.185 e. The molecule has 0 saturated heterocycles. The van der Waals surface area contributed by atoms with Crippen molar-refractivity contribution in [1.29, 1.82) is 0 Å². The zero-order valence-electron chi connectivity index (χ0n) is 13.1. The summed E-state index contributed by atoms with van der Waals surface area (Å²) in [5.41, 5.74) is 6.41. The normalized spacial score (nSPS) is 11.3. The lowest BCUT2D eigenvalue weighted by atomic mass is 10.1. The van der Waals surface area contributed by atoms with E-state index in [1.54, 1.807) is 6.08 Å². The van der Waals surface area contributed by atoms with Crippen molar-refractivity contribution < 1.29 is 4.79 Å². The summed E-state index contributed by atoms with van der Waals surface area (Å²) in [6.07, 6.45) is 3.51. The van der Waals surface area contributed by atoms with E-state index in [0.717, 1.165) is 16.7 Å². The van der Waals surface area contributed by atoms with Gasteiger partial charge in [0.1, 0.15) is 0 Å². The molecular weight excluding hydrogens is 292 g/mol. The molecule has 0 aromatic rings. The lowest BCUT2D eigenvalue weighted by Gasteiger charge is -1.91. The van der Waals surface area contributed by atoms with Crippen LogP contribution >= 0.6 is 0 Å². The molecule has 0 fully saturated rings. The molecule has 0 atom stereocenters. The molecule has 24 heavy (non-hydrogen) atoms. The molecule has 0 aromatic heterocycles. The highest BCUT2D eigenvalue weighted by atomic mass is 16.1. The number of rotatable bonds is 3. The van der Waals surface area contributed by atoms with Gasteiger partial charge in [-0.25, -0.2) is 0 Å². The largest absolute Gasteiger partial charge is 0.289 e. The molecule has 1 heteroatoms. The third kappa shape index (κ3) is 2.84. The molecule has 0 aliphatic heterocycles. The highest BCUT2D eigenvalue weighted by Crippen LogP contribution is 2.23. The van der Waals surface area contributed by atoms with Gasteiger partial charge in [-0.05, 0) is 33.9 Å². The zero-order chi connectivity index (χ0) is 16.4. The van der Waals surface area contributed by atoms with Crippen LogP contribution in [0.25, 0.3) is 28.3 Å². The van der Waals surface area contributed by atoms with Gasteiger partial charge >= 0.3 is 0 Å². The highest BCUT2D eigenvalue weighted by molar-refractivity contribution is 6.07. The van der Waals surface area contributed by atoms with Crippen LogP contribution in [0.3, 0.4) is 0 Å². The maximum atomic E-state index is 12.4. The Bertz CT molecular complexity index is 919. The standard InChI is InChI=1S/C23H16O/c24-23(22-14-12-20-5-2-6-21(20)13-15-22)16-9-17-7-10-18-3-1-4-19(18)11-8-17/h1-16H/b16-9+. The second-order valence-corrected chi connectivity index (χ2v) is 5.86. The van der Waals surface area contributed by atoms with E-state index in [1.165, 1.54) is 11.1 Å². The average Bonchev–Trinajstić information content (AvgIpc) is 3.14. The van der Waals surface area contributed by atoms with Gasteiger partial charge in [0.15, 0.2) is 5.78 Å². The van der Waals surface area contributed by atoms with Gasteiger partial charge in [0.2, 0.25) is 0 Å². The summed E-state index contributed by atoms with van der Waals surface area (Å²) in [7, 11) is 0. The van der Waals surface area contributed by atoms with E-state index in [0.29, 0.717) is 5.56 Å². The molecule has 1 nitrogen and oxygen atoms in total. The fourth-order valence-corrected chi connectivity index (χ4v) is 2.89. The van der Waals surface area contributed by atoms with Crippen molar-refractivity contribution in [3.05, 3.63) is 102 Å². The lowest BCUT2D eigenvalue weighted by Crippen LogP contribution is -1.91. The molecule has 0 bridgehead atoms. The molecular formula is C23H16O. The first kappa shape index (κ1) is 14.4. The first-order chi connectivity index (χ1) is 11.8. The SMILES string of the molecule is O=C(/C=C/c1ccc2cccc-2cc1)c1ccc2cccc-2cc1. The van der Waals surface area contributed by atoms with Crippen molar-refractivity contribution >= 4 is 11.9 Å². The second kappa shape index (κ2) is 6.13. The molecule has 114 valence electrons. The van der Waals surface area contributed by atoms with Crippen molar-refractivity contribution in [2.75, 3.05) is 0 Å². The van der Waals surface area contributed by atoms with Crippen LogP contribution in [-0.4, -0.2) is 5.78 Å². The van der Waals surface area contributed by atoms with Crippen LogP contribution in [0.5, 0.6) is 0 Å². The Morgan fingerprint density at radius 3 is 1.54 bits per heavy atom. The summed E-state index contributed by atoms with van der Waals surface area (Å²) in [5.74, 6) is 0.0122. The first-order valence-electron chi connectivity index (χ1n) is 8.00. The molecule has 0 saturated carbocycles. The maximum absolute atomic E-state index is 12.4. The Hall–Kier alpha value is -3.19. The molecule has 4 aliphatic rings. The topological polar surface area (TPSA) is 17.1 Å². The van der Waals surface area contributed by atoms with Crippen molar-refractivity contribution in [3.8, 4) is 22.3 Å². The van der Waals surface area contributed by atoms with Crippen molar-refractivity contribution in [2.45, 2.75) is 0 Å². The van der Waals surface area contributed by atoms with Crippen LogP contribution in [-0.2, 0) is 0 Å². The minimum atomic E-state index is 0.0122. The fraction of sp³-hybridized carbons (Fsp3) is 0. The van der Waals surface area contributed by atoms with Gasteiger partial charge in [-0.2, -0.15) is 0 Å². The summed E-state index contributed by atoms with van der Waals surface area (Å²) in [4.78, 5) is 12.4. The highest BCUT2D eigenvalue weighted by Gasteiger charge is 2.04. The van der Waals surface area contributed by atoms with E-state index in [4.69, 9.17) is 0 Å². The van der Waals surface area contributed by atoms with Gasteiger partial charge in [0.05, 0.1) is 0 Å². The minimum absolute atomic E-state index is 0.0122. The third-order valence-corrected chi connectivity index (χ3v) is 4.28. The van der Waals surface area contributed by atoms with Crippen LogP contribution in [0.2, 0.25) is 0 Å². The maximum Gasteiger partial charge on any atom is 0.185 e. The second-order valence-electron chi connectivity index (χ2n) is 5.86. The number of hydrogen-bond acceptors (Lipinski definition) is 1. The van der Waals surface area contributed by atoms with E-state index in [-0.39, 0.29) is 5.78 Å². The lowest BCUT2D eigenvalue weighted by molar-refractivity contribution is 0.104. The first-order valence-corrected chi connectivity index (χ1v) is 8.00. The van der Waals surface area contributed by atoms with Crippen molar-refractivity contribution in [2.24, 2.45) is 0 Å². The number of carbonyl (C=O) groups is 1. The molecule has 0 radical (unpaired) electrons. The van der Waals surface area contributed by atoms with Crippen LogP contribution < -0.4 is 0 Å². The van der Waals surface area contributed by atoms with E-state index in [9.17, 15) is 4.79 Å². The number of carbonyl (C=O) groups excluding carboxylic acids is 1. The number of fused-ring (bicyclic) bond motifs is 2. The Morgan fingerprint density at radius 2 is 1.04 bits per heavy atom. The quantitative estimate of drug-likeness (QED) is 0.346. The molecule has 4 aliphatic carbocycles. The van der Waals surface area contributed by atoms with Gasteiger partial charge in [0.25, 0.3) is 0 Å². The van der Waals surface area contributed by atoms with Crippen LogP contribution in [0.4, 0.5) is 0 Å². The summed E-state index contributed by atoms with van der Waals surface area (Å²) < 4.78 is 0. The van der Waals surface area contributed by atoms with Crippen LogP contribution in [0.15, 0.2) is 91.0 Å². The number of allylic oxidation sites excluding steroid dienone is 1. The zero-order valence-corrected chi connectivity index (χ0v) is 13.1. The molecule has 0 aromatic carbocycles. The third-order valence-electron chi connectivity index (χ3n) is 4.28. The summed E-state index contributed by atoms with van der Waals surface area (Å²) in [5, 5.41) is 0. The van der Waals surface area contributed by atoms with Crippen molar-refractivity contribution in [3.63, 3.8) is 0 Å². The molecule has 0 N–H and O–H groups in total. The van der Waals surface area contributed by atoms with Gasteiger partial charge in [-0.1, -0.05) is 91.0 Å². The monoisotopic (exact) mass is 308 g/mol. The summed E-state index contributed by atoms with van der Waals surface area (Å²) in [6.45, 7) is 0. The Morgan fingerprint density at radius 1 is 0.583 bits per heavy atom. The van der Waals surface area contributed by atoms with Gasteiger partial charge in [-0.3, -0.25) is 4.79 Å². The molecule has 0 spiro atoms. The Kier molecular flexibility index (Phi) is 3.68. The summed E-state index contributed by atoms with van der Waals surface area (Å²) >= 11 is 0. The molecule has 4 rings (SSSR count). The average molecular weight is 308 g/mol. The molecule has 0 amide bonds. The summed E-state index contributed by atoms with van der Waals surface area (Å²) in [6, 6.07) is 28.3. The fourth-order valence-electron chi connectivity index (χ4n) is 2.89. The van der Waals surface area contributed by atoms with Gasteiger partial charge < -0.3 is 0 Å². The van der Waals surface area contributed by atoms with Crippen LogP contribution in [0.1, 0.15) is 15.9 Å². The predicted molar refractivity (Wildman–Crippen MR) is 99.5 cm³/mol.